The van der Waals surface area contributed by atoms with Crippen molar-refractivity contribution in [3.8, 4) is 0 Å². The summed E-state index contributed by atoms with van der Waals surface area (Å²) >= 11 is 5.66. The maximum Gasteiger partial charge on any atom is 0.407 e. The van der Waals surface area contributed by atoms with E-state index in [-0.39, 0.29) is 13.0 Å². The molecule has 96 valence electrons. The van der Waals surface area contributed by atoms with Gasteiger partial charge in [-0.15, -0.1) is 0 Å². The Balaban J connectivity index is 2.85. The van der Waals surface area contributed by atoms with Gasteiger partial charge >= 0.3 is 6.09 Å². The molecule has 0 aliphatic carbocycles. The van der Waals surface area contributed by atoms with Crippen molar-refractivity contribution in [3.05, 3.63) is 0 Å². The Labute approximate surface area is 102 Å². The summed E-state index contributed by atoms with van der Waals surface area (Å²) in [5, 5.41) is 18.1. The van der Waals surface area contributed by atoms with E-state index < -0.39 is 29.0 Å². The number of nitrogens with one attached hydrogen (secondary N) is 1. The predicted octanol–water partition coefficient (Wildman–Crippen LogP) is -0.281. The number of likely N-dealkylation sites (tertiary alicyclic amines) is 1. The lowest BCUT2D eigenvalue weighted by molar-refractivity contribution is -0.140. The molecule has 0 aromatic heterocycles. The lowest BCUT2D eigenvalue weighted by Crippen LogP contribution is -2.57. The van der Waals surface area contributed by atoms with E-state index in [0.29, 0.717) is 6.42 Å². The van der Waals surface area contributed by atoms with Gasteiger partial charge in [0.1, 0.15) is 0 Å². The smallest absolute Gasteiger partial charge is 0.407 e. The Morgan fingerprint density at radius 2 is 2.06 bits per heavy atom. The summed E-state index contributed by atoms with van der Waals surface area (Å²) in [6.45, 7) is 1.29. The number of amides is 3. The van der Waals surface area contributed by atoms with Gasteiger partial charge < -0.3 is 15.1 Å². The van der Waals surface area contributed by atoms with Gasteiger partial charge in [0.05, 0.1) is 6.04 Å². The molecule has 1 unspecified atom stereocenters. The Kier molecular flexibility index (Phi) is 3.94. The summed E-state index contributed by atoms with van der Waals surface area (Å²) in [7, 11) is 0. The molecule has 1 aliphatic heterocycles. The van der Waals surface area contributed by atoms with Crippen LogP contribution in [0.2, 0.25) is 0 Å². The molecular weight excluding hydrogens is 252 g/mol. The fraction of sp³-hybridized carbons (Fsp3) is 0.667. The Hall–Kier alpha value is -1.34. The van der Waals surface area contributed by atoms with Gasteiger partial charge in [0.2, 0.25) is 11.0 Å². The fourth-order valence-electron chi connectivity index (χ4n) is 1.79. The summed E-state index contributed by atoms with van der Waals surface area (Å²) in [4.78, 5) is 34.0. The van der Waals surface area contributed by atoms with E-state index in [4.69, 9.17) is 16.7 Å². The lowest BCUT2D eigenvalue weighted by Gasteiger charge is -2.31. The molecule has 0 aromatic rings. The minimum absolute atomic E-state index is 0.197. The normalized spacial score (nSPS) is 23.0. The molecule has 0 radical (unpaired) electrons. The van der Waals surface area contributed by atoms with Crippen LogP contribution in [0.4, 0.5) is 4.79 Å². The van der Waals surface area contributed by atoms with Crippen molar-refractivity contribution in [2.45, 2.75) is 30.9 Å². The van der Waals surface area contributed by atoms with Crippen molar-refractivity contribution in [1.82, 2.24) is 10.2 Å². The first-order chi connectivity index (χ1) is 7.76. The van der Waals surface area contributed by atoms with Crippen LogP contribution in [0.1, 0.15) is 19.8 Å². The maximum atomic E-state index is 11.5. The van der Waals surface area contributed by atoms with Crippen molar-refractivity contribution in [1.29, 1.82) is 0 Å². The number of imide groups is 1. The number of carboxylic acid groups (broad SMARTS) is 1. The van der Waals surface area contributed by atoms with Gasteiger partial charge in [-0.05, 0) is 12.8 Å². The zero-order chi connectivity index (χ0) is 13.2. The third kappa shape index (κ3) is 2.86. The van der Waals surface area contributed by atoms with Gasteiger partial charge in [-0.3, -0.25) is 14.9 Å². The van der Waals surface area contributed by atoms with Crippen LogP contribution in [-0.4, -0.2) is 50.7 Å². The van der Waals surface area contributed by atoms with E-state index in [9.17, 15) is 19.5 Å². The minimum atomic E-state index is -2.43. The van der Waals surface area contributed by atoms with Crippen molar-refractivity contribution in [2.75, 3.05) is 6.54 Å². The molecule has 1 heterocycles. The summed E-state index contributed by atoms with van der Waals surface area (Å²) in [5.74, 6) is -1.78. The third-order valence-corrected chi connectivity index (χ3v) is 2.97. The zero-order valence-electron chi connectivity index (χ0n) is 9.14. The van der Waals surface area contributed by atoms with Gasteiger partial charge in [0.15, 0.2) is 0 Å². The van der Waals surface area contributed by atoms with Gasteiger partial charge in [0.25, 0.3) is 5.91 Å². The van der Waals surface area contributed by atoms with Crippen molar-refractivity contribution < 1.29 is 24.6 Å². The quantitative estimate of drug-likeness (QED) is 0.595. The van der Waals surface area contributed by atoms with E-state index >= 15 is 0 Å². The number of hydrogen-bond acceptors (Lipinski definition) is 4. The number of alkyl halides is 1. The summed E-state index contributed by atoms with van der Waals surface area (Å²) in [6, 6.07) is -1.05. The molecule has 8 heteroatoms. The first-order valence-electron chi connectivity index (χ1n) is 4.99. The largest absolute Gasteiger partial charge is 0.465 e. The summed E-state index contributed by atoms with van der Waals surface area (Å²) in [6.07, 6.45) is -0.501. The second-order valence-corrected chi connectivity index (χ2v) is 4.39. The Morgan fingerprint density at radius 3 is 2.53 bits per heavy atom. The molecule has 3 N–H and O–H groups in total. The van der Waals surface area contributed by atoms with E-state index in [1.165, 1.54) is 0 Å². The van der Waals surface area contributed by atoms with Crippen LogP contribution in [0.15, 0.2) is 0 Å². The first kappa shape index (κ1) is 13.7. The molecule has 1 rings (SSSR count). The number of carbonyl (C=O) groups is 3. The van der Waals surface area contributed by atoms with E-state index in [0.717, 1.165) is 11.8 Å². The van der Waals surface area contributed by atoms with Crippen LogP contribution in [0.25, 0.3) is 0 Å². The van der Waals surface area contributed by atoms with E-state index in [1.54, 1.807) is 0 Å². The van der Waals surface area contributed by atoms with Gasteiger partial charge in [-0.25, -0.2) is 4.79 Å². The van der Waals surface area contributed by atoms with Gasteiger partial charge in [-0.1, -0.05) is 11.6 Å². The maximum absolute atomic E-state index is 11.5. The van der Waals surface area contributed by atoms with Crippen molar-refractivity contribution in [2.24, 2.45) is 0 Å². The molecule has 17 heavy (non-hydrogen) atoms. The summed E-state index contributed by atoms with van der Waals surface area (Å²) in [5.41, 5.74) is 0. The van der Waals surface area contributed by atoms with Crippen LogP contribution in [0, 0.1) is 0 Å². The highest BCUT2D eigenvalue weighted by Gasteiger charge is 2.49. The average Bonchev–Trinajstić information content (AvgIpc) is 2.64. The monoisotopic (exact) mass is 264 g/mol. The second-order valence-electron chi connectivity index (χ2n) is 3.82. The minimum Gasteiger partial charge on any atom is -0.465 e. The third-order valence-electron chi connectivity index (χ3n) is 2.55. The Bertz CT molecular complexity index is 357. The number of hydrogen-bond donors (Lipinski definition) is 3. The fourth-order valence-corrected chi connectivity index (χ4v) is 2.07. The SMILES string of the molecule is CC(=O)NC(=O)C(O)(Cl)[C@@H]1CCCN1C(=O)O. The molecule has 1 aliphatic rings. The molecule has 1 fully saturated rings. The van der Waals surface area contributed by atoms with Gasteiger partial charge in [0, 0.05) is 13.5 Å². The van der Waals surface area contributed by atoms with E-state index in [1.807, 2.05) is 5.32 Å². The lowest BCUT2D eigenvalue weighted by atomic mass is 10.1. The van der Waals surface area contributed by atoms with Crippen LogP contribution in [0.3, 0.4) is 0 Å². The molecule has 0 aromatic carbocycles. The molecule has 3 amide bonds. The molecule has 2 atom stereocenters. The second kappa shape index (κ2) is 4.89. The number of nitrogens with zero attached hydrogens (tertiary/aromatic N) is 1. The van der Waals surface area contributed by atoms with Crippen molar-refractivity contribution >= 4 is 29.5 Å². The van der Waals surface area contributed by atoms with Gasteiger partial charge in [-0.2, -0.15) is 0 Å². The average molecular weight is 265 g/mol. The molecule has 7 nitrogen and oxygen atoms in total. The highest BCUT2D eigenvalue weighted by Crippen LogP contribution is 2.30. The van der Waals surface area contributed by atoms with Crippen LogP contribution >= 0.6 is 11.6 Å². The Morgan fingerprint density at radius 1 is 1.47 bits per heavy atom. The zero-order valence-corrected chi connectivity index (χ0v) is 9.90. The molecule has 0 bridgehead atoms. The van der Waals surface area contributed by atoms with E-state index in [2.05, 4.69) is 0 Å². The number of carbonyl (C=O) groups excluding carboxylic acids is 2. The van der Waals surface area contributed by atoms with Crippen LogP contribution in [-0.2, 0) is 9.59 Å². The number of aliphatic hydroxyl groups is 1. The van der Waals surface area contributed by atoms with Crippen molar-refractivity contribution in [3.63, 3.8) is 0 Å². The highest BCUT2D eigenvalue weighted by atomic mass is 35.5. The number of rotatable bonds is 2. The molecule has 0 saturated carbocycles. The molecule has 0 spiro atoms. The topological polar surface area (TPSA) is 107 Å². The van der Waals surface area contributed by atoms with Crippen LogP contribution < -0.4 is 5.32 Å². The molecular formula is C9H13ClN2O5. The standard InChI is InChI=1S/C9H13ClN2O5/c1-5(13)11-7(14)9(10,17)6-3-2-4-12(6)8(15)16/h6,17H,2-4H2,1H3,(H,15,16)(H,11,13,14)/t6-,9?/m0/s1. The first-order valence-corrected chi connectivity index (χ1v) is 5.37. The molecule has 1 saturated heterocycles. The highest BCUT2D eigenvalue weighted by molar-refractivity contribution is 6.35. The number of halogens is 1. The summed E-state index contributed by atoms with van der Waals surface area (Å²) < 4.78 is 0. The van der Waals surface area contributed by atoms with Crippen LogP contribution in [0.5, 0.6) is 0 Å². The predicted molar refractivity (Wildman–Crippen MR) is 57.4 cm³/mol.